The number of carbonyl (C=O) groups is 2. The maximum Gasteiger partial charge on any atom is 0.328 e. The van der Waals surface area contributed by atoms with Gasteiger partial charge in [0.2, 0.25) is 0 Å². The smallest absolute Gasteiger partial charge is 0.328 e. The molecule has 0 radical (unpaired) electrons. The average Bonchev–Trinajstić information content (AvgIpc) is 3.02. The number of carbonyl (C=O) groups excluding carboxylic acids is 2. The average molecular weight is 289 g/mol. The highest BCUT2D eigenvalue weighted by molar-refractivity contribution is 5.94. The number of hydrogen-bond acceptors (Lipinski definition) is 5. The molecule has 21 heavy (non-hydrogen) atoms. The topological polar surface area (TPSA) is 88.8 Å². The molecule has 0 bridgehead atoms. The minimum absolute atomic E-state index is 0.120. The first-order valence-corrected chi connectivity index (χ1v) is 6.30. The second-order valence-electron chi connectivity index (χ2n) is 4.40. The summed E-state index contributed by atoms with van der Waals surface area (Å²) in [5.41, 5.74) is 0.781. The summed E-state index contributed by atoms with van der Waals surface area (Å²) < 4.78 is 9.67. The molecule has 0 fully saturated rings. The molecule has 1 heterocycles. The summed E-state index contributed by atoms with van der Waals surface area (Å²) in [7, 11) is 1.26. The highest BCUT2D eigenvalue weighted by Crippen LogP contribution is 2.12. The molecule has 110 valence electrons. The Balaban J connectivity index is 2.09. The maximum atomic E-state index is 11.9. The van der Waals surface area contributed by atoms with Crippen LogP contribution in [0.25, 0.3) is 0 Å². The fourth-order valence-electron chi connectivity index (χ4n) is 1.84. The van der Waals surface area contributed by atoms with Gasteiger partial charge in [0.05, 0.1) is 13.4 Å². The second kappa shape index (κ2) is 6.60. The normalized spacial score (nSPS) is 11.7. The number of aromatic hydroxyl groups is 1. The first-order valence-electron chi connectivity index (χ1n) is 6.30. The van der Waals surface area contributed by atoms with Crippen molar-refractivity contribution in [1.29, 1.82) is 0 Å². The minimum Gasteiger partial charge on any atom is -0.508 e. The number of esters is 1. The van der Waals surface area contributed by atoms with Crippen LogP contribution in [-0.2, 0) is 16.0 Å². The molecule has 6 nitrogen and oxygen atoms in total. The summed E-state index contributed by atoms with van der Waals surface area (Å²) in [6.07, 6.45) is 1.63. The Kier molecular flexibility index (Phi) is 4.61. The number of ether oxygens (including phenoxy) is 1. The number of furan rings is 1. The van der Waals surface area contributed by atoms with Gasteiger partial charge in [0, 0.05) is 6.42 Å². The zero-order valence-electron chi connectivity index (χ0n) is 11.4. The van der Waals surface area contributed by atoms with Crippen LogP contribution in [-0.4, -0.2) is 30.1 Å². The van der Waals surface area contributed by atoms with E-state index in [1.54, 1.807) is 18.2 Å². The van der Waals surface area contributed by atoms with Gasteiger partial charge in [-0.2, -0.15) is 0 Å². The Morgan fingerprint density at radius 2 is 2.00 bits per heavy atom. The minimum atomic E-state index is -0.836. The molecule has 0 unspecified atom stereocenters. The quantitative estimate of drug-likeness (QED) is 0.814. The highest BCUT2D eigenvalue weighted by Gasteiger charge is 2.23. The predicted octanol–water partition coefficient (Wildman–Crippen LogP) is 1.50. The number of hydrogen-bond donors (Lipinski definition) is 2. The van der Waals surface area contributed by atoms with Crippen molar-refractivity contribution < 1.29 is 23.8 Å². The molecule has 1 aromatic heterocycles. The van der Waals surface area contributed by atoms with E-state index in [2.05, 4.69) is 5.32 Å². The molecule has 0 aliphatic carbocycles. The first-order chi connectivity index (χ1) is 10.1. The summed E-state index contributed by atoms with van der Waals surface area (Å²) in [6, 6.07) is 8.62. The fourth-order valence-corrected chi connectivity index (χ4v) is 1.84. The van der Waals surface area contributed by atoms with Crippen LogP contribution in [0.3, 0.4) is 0 Å². The van der Waals surface area contributed by atoms with E-state index in [0.29, 0.717) is 0 Å². The molecule has 0 aliphatic heterocycles. The highest BCUT2D eigenvalue weighted by atomic mass is 16.5. The molecule has 1 atom stereocenters. The van der Waals surface area contributed by atoms with Crippen LogP contribution in [0.5, 0.6) is 5.75 Å². The number of rotatable bonds is 5. The van der Waals surface area contributed by atoms with Crippen molar-refractivity contribution in [3.63, 3.8) is 0 Å². The van der Waals surface area contributed by atoms with Gasteiger partial charge in [-0.3, -0.25) is 4.79 Å². The van der Waals surface area contributed by atoms with Gasteiger partial charge in [0.1, 0.15) is 11.8 Å². The van der Waals surface area contributed by atoms with Gasteiger partial charge in [-0.25, -0.2) is 4.79 Å². The van der Waals surface area contributed by atoms with Crippen molar-refractivity contribution in [3.8, 4) is 5.75 Å². The largest absolute Gasteiger partial charge is 0.508 e. The van der Waals surface area contributed by atoms with Gasteiger partial charge in [0.25, 0.3) is 5.91 Å². The van der Waals surface area contributed by atoms with Gasteiger partial charge < -0.3 is 19.6 Å². The Hall–Kier alpha value is -2.76. The van der Waals surface area contributed by atoms with Crippen LogP contribution in [0.1, 0.15) is 16.1 Å². The number of phenolic OH excluding ortho intramolecular Hbond substituents is 1. The third kappa shape index (κ3) is 3.85. The van der Waals surface area contributed by atoms with Crippen LogP contribution < -0.4 is 5.32 Å². The standard InChI is InChI=1S/C15H15NO5/c1-20-15(19)12(9-10-4-6-11(17)7-5-10)16-14(18)13-3-2-8-21-13/h2-8,12,17H,9H2,1H3,(H,16,18)/t12-/m1/s1. The van der Waals surface area contributed by atoms with Gasteiger partial charge in [0.15, 0.2) is 5.76 Å². The molecular formula is C15H15NO5. The zero-order chi connectivity index (χ0) is 15.2. The van der Waals surface area contributed by atoms with Crippen LogP contribution in [0.4, 0.5) is 0 Å². The Labute approximate surface area is 121 Å². The van der Waals surface area contributed by atoms with E-state index in [4.69, 9.17) is 9.15 Å². The molecule has 0 aliphatic rings. The molecule has 1 aromatic carbocycles. The van der Waals surface area contributed by atoms with E-state index in [1.165, 1.54) is 31.6 Å². The Bertz CT molecular complexity index is 604. The van der Waals surface area contributed by atoms with Crippen LogP contribution in [0.15, 0.2) is 47.1 Å². The van der Waals surface area contributed by atoms with Crippen LogP contribution >= 0.6 is 0 Å². The van der Waals surface area contributed by atoms with E-state index in [9.17, 15) is 14.7 Å². The van der Waals surface area contributed by atoms with Crippen molar-refractivity contribution in [1.82, 2.24) is 5.32 Å². The van der Waals surface area contributed by atoms with Crippen molar-refractivity contribution in [2.75, 3.05) is 7.11 Å². The lowest BCUT2D eigenvalue weighted by atomic mass is 10.1. The first kappa shape index (κ1) is 14.6. The van der Waals surface area contributed by atoms with Crippen molar-refractivity contribution >= 4 is 11.9 Å². The Morgan fingerprint density at radius 3 is 2.57 bits per heavy atom. The number of nitrogens with one attached hydrogen (secondary N) is 1. The maximum absolute atomic E-state index is 11.9. The molecule has 2 N–H and O–H groups in total. The van der Waals surface area contributed by atoms with Crippen molar-refractivity contribution in [2.45, 2.75) is 12.5 Å². The fraction of sp³-hybridized carbons (Fsp3) is 0.200. The van der Waals surface area contributed by atoms with Crippen molar-refractivity contribution in [3.05, 3.63) is 54.0 Å². The molecule has 0 saturated carbocycles. The monoisotopic (exact) mass is 289 g/mol. The van der Waals surface area contributed by atoms with E-state index in [1.807, 2.05) is 0 Å². The molecule has 0 saturated heterocycles. The lowest BCUT2D eigenvalue weighted by molar-refractivity contribution is -0.142. The number of methoxy groups -OCH3 is 1. The van der Waals surface area contributed by atoms with E-state index >= 15 is 0 Å². The molecule has 2 aromatic rings. The summed E-state index contributed by atoms with van der Waals surface area (Å²) in [6.45, 7) is 0. The second-order valence-corrected chi connectivity index (χ2v) is 4.40. The van der Waals surface area contributed by atoms with Gasteiger partial charge in [-0.05, 0) is 29.8 Å². The molecule has 6 heteroatoms. The predicted molar refractivity (Wildman–Crippen MR) is 73.8 cm³/mol. The third-order valence-electron chi connectivity index (χ3n) is 2.91. The molecule has 1 amide bonds. The number of benzene rings is 1. The lowest BCUT2D eigenvalue weighted by Crippen LogP contribution is -2.42. The van der Waals surface area contributed by atoms with Gasteiger partial charge >= 0.3 is 5.97 Å². The lowest BCUT2D eigenvalue weighted by Gasteiger charge is -2.16. The van der Waals surface area contributed by atoms with E-state index in [0.717, 1.165) is 5.56 Å². The molecule has 2 rings (SSSR count). The summed E-state index contributed by atoms with van der Waals surface area (Å²) in [5.74, 6) is -0.792. The SMILES string of the molecule is COC(=O)[C@@H](Cc1ccc(O)cc1)NC(=O)c1ccco1. The van der Waals surface area contributed by atoms with Crippen molar-refractivity contribution in [2.24, 2.45) is 0 Å². The molecular weight excluding hydrogens is 274 g/mol. The summed E-state index contributed by atoms with van der Waals surface area (Å²) in [5, 5.41) is 11.8. The van der Waals surface area contributed by atoms with E-state index < -0.39 is 17.9 Å². The van der Waals surface area contributed by atoms with E-state index in [-0.39, 0.29) is 17.9 Å². The van der Waals surface area contributed by atoms with Crippen LogP contribution in [0, 0.1) is 0 Å². The van der Waals surface area contributed by atoms with Gasteiger partial charge in [-0.1, -0.05) is 12.1 Å². The van der Waals surface area contributed by atoms with Gasteiger partial charge in [-0.15, -0.1) is 0 Å². The number of phenols is 1. The Morgan fingerprint density at radius 1 is 1.29 bits per heavy atom. The van der Waals surface area contributed by atoms with Crippen LogP contribution in [0.2, 0.25) is 0 Å². The molecule has 0 spiro atoms. The summed E-state index contributed by atoms with van der Waals surface area (Å²) in [4.78, 5) is 23.7. The third-order valence-corrected chi connectivity index (χ3v) is 2.91. The summed E-state index contributed by atoms with van der Waals surface area (Å²) >= 11 is 0. The zero-order valence-corrected chi connectivity index (χ0v) is 11.4. The number of amides is 1.